The first-order valence-electron chi connectivity index (χ1n) is 16.2. The molecule has 1 atom stereocenters. The largest absolute Gasteiger partial charge is 0.373 e. The molecule has 2 aliphatic heterocycles. The molecule has 0 saturated heterocycles. The lowest BCUT2D eigenvalue weighted by Gasteiger charge is -2.23. The third kappa shape index (κ3) is 6.76. The predicted octanol–water partition coefficient (Wildman–Crippen LogP) is 8.78. The molecule has 1 unspecified atom stereocenters. The summed E-state index contributed by atoms with van der Waals surface area (Å²) in [6.45, 7) is 4.00. The van der Waals surface area contributed by atoms with Crippen molar-refractivity contribution < 1.29 is 10.6 Å². The van der Waals surface area contributed by atoms with E-state index in [1.807, 2.05) is 37.4 Å². The number of hydrogen-bond acceptors (Lipinski definition) is 4. The van der Waals surface area contributed by atoms with Crippen LogP contribution in [0.25, 0.3) is 21.5 Å². The molecule has 0 aromatic heterocycles. The van der Waals surface area contributed by atoms with Gasteiger partial charge in [0.15, 0.2) is 0 Å². The molecule has 0 spiro atoms. The molecule has 0 radical (unpaired) electrons. The second kappa shape index (κ2) is 14.7. The number of allylic oxidation sites excluding steroid dienone is 6. The number of likely N-dealkylation sites (N-methyl/N-ethyl adjacent to an activating group) is 1. The van der Waals surface area contributed by atoms with Crippen molar-refractivity contribution in [2.24, 2.45) is 0 Å². The van der Waals surface area contributed by atoms with Gasteiger partial charge in [-0.25, -0.2) is 4.90 Å². The van der Waals surface area contributed by atoms with Gasteiger partial charge in [-0.3, -0.25) is 0 Å². The molecule has 0 fully saturated rings. The Morgan fingerprint density at radius 1 is 0.913 bits per heavy atom. The Balaban J connectivity index is 0.00000182. The monoisotopic (exact) mass is 644 g/mol. The van der Waals surface area contributed by atoms with E-state index in [1.165, 1.54) is 69.5 Å². The average molecular weight is 645 g/mol. The van der Waals surface area contributed by atoms with Gasteiger partial charge in [-0.05, 0) is 53.6 Å². The van der Waals surface area contributed by atoms with E-state index in [0.717, 1.165) is 30.7 Å². The molecule has 6 heteroatoms. The zero-order valence-corrected chi connectivity index (χ0v) is 28.9. The number of nitrogens with one attached hydrogen (secondary N) is 2. The van der Waals surface area contributed by atoms with E-state index in [2.05, 4.69) is 146 Å². The highest BCUT2D eigenvalue weighted by Gasteiger charge is 2.27. The molecule has 7 rings (SSSR count). The summed E-state index contributed by atoms with van der Waals surface area (Å²) >= 11 is 3.72. The van der Waals surface area contributed by atoms with E-state index in [1.54, 1.807) is 0 Å². The second-order valence-corrected chi connectivity index (χ2v) is 13.7. The van der Waals surface area contributed by atoms with E-state index < -0.39 is 0 Å². The van der Waals surface area contributed by atoms with Crippen molar-refractivity contribution in [1.29, 1.82) is 0 Å². The Morgan fingerprint density at radius 3 is 2.43 bits per heavy atom. The summed E-state index contributed by atoms with van der Waals surface area (Å²) in [6, 6.07) is 26.0. The van der Waals surface area contributed by atoms with Gasteiger partial charge in [-0.2, -0.15) is 0 Å². The van der Waals surface area contributed by atoms with Gasteiger partial charge in [0.05, 0.1) is 21.3 Å². The molecule has 0 amide bonds. The molecule has 3 aliphatic rings. The molecule has 46 heavy (non-hydrogen) atoms. The Bertz CT molecular complexity index is 1940. The van der Waals surface area contributed by atoms with Crippen LogP contribution in [0, 0.1) is 0 Å². The summed E-state index contributed by atoms with van der Waals surface area (Å²) in [5.41, 5.74) is 12.1. The fraction of sp³-hybridized carbons (Fsp3) is 0.200. The topological polar surface area (TPSA) is 47.4 Å². The summed E-state index contributed by atoms with van der Waals surface area (Å²) in [7, 11) is 4.23. The SMILES string of the molecule is CC.CN(C)C1=C[NH+](C2=C(/C=C/CSc3c([NH3+])ccc4ccccc34)CCC/C2=C\C=C2\Nc3ccc4ccccc4c3S2)C=C1. The van der Waals surface area contributed by atoms with E-state index in [4.69, 9.17) is 0 Å². The van der Waals surface area contributed by atoms with Crippen molar-refractivity contribution >= 4 is 56.4 Å². The molecule has 5 N–H and O–H groups in total. The minimum Gasteiger partial charge on any atom is -0.373 e. The number of fused-ring (bicyclic) bond motifs is 4. The molecule has 4 aromatic rings. The third-order valence-electron chi connectivity index (χ3n) is 8.47. The molecule has 234 valence electrons. The molecule has 1 aliphatic carbocycles. The number of rotatable bonds is 7. The lowest BCUT2D eigenvalue weighted by Crippen LogP contribution is -3.00. The lowest BCUT2D eigenvalue weighted by molar-refractivity contribution is -0.741. The van der Waals surface area contributed by atoms with Gasteiger partial charge >= 0.3 is 0 Å². The van der Waals surface area contributed by atoms with Crippen molar-refractivity contribution in [2.75, 3.05) is 25.2 Å². The van der Waals surface area contributed by atoms with Crippen LogP contribution in [0.4, 0.5) is 11.4 Å². The number of hydrogen-bond donors (Lipinski definition) is 3. The Labute approximate surface area is 282 Å². The maximum Gasteiger partial charge on any atom is 0.146 e. The Kier molecular flexibility index (Phi) is 10.2. The number of thioether (sulfide) groups is 2. The van der Waals surface area contributed by atoms with Crippen molar-refractivity contribution in [3.63, 3.8) is 0 Å². The predicted molar refractivity (Wildman–Crippen MR) is 200 cm³/mol. The van der Waals surface area contributed by atoms with Gasteiger partial charge in [0.1, 0.15) is 23.8 Å². The quantitative estimate of drug-likeness (QED) is 0.176. The number of benzene rings is 4. The van der Waals surface area contributed by atoms with Gasteiger partial charge < -0.3 is 16.0 Å². The van der Waals surface area contributed by atoms with Crippen molar-refractivity contribution in [3.8, 4) is 0 Å². The molecular formula is C40H44N4S2+2. The first-order chi connectivity index (χ1) is 22.5. The third-order valence-corrected chi connectivity index (χ3v) is 10.7. The summed E-state index contributed by atoms with van der Waals surface area (Å²) in [5.74, 6) is 0.910. The van der Waals surface area contributed by atoms with Crippen LogP contribution in [0.3, 0.4) is 0 Å². The first kappa shape index (κ1) is 32.0. The Morgan fingerprint density at radius 2 is 1.65 bits per heavy atom. The standard InChI is InChI=1S/C38H36N4S2.C2H6/c1-41(2)30-22-23-42(25-30)36-28(13-8-24-43-37-31-14-5-3-9-26(31)16-19-33(37)39)11-7-12-29(36)18-21-35-40-34-20-17-27-10-4-6-15-32(27)38(34)44-35;1-2/h3-6,8-10,13-23,25,40H,7,11-12,24,39H2,1-2H3;1-2H3/p+2/b13-8+,29-18+,35-21-;. The molecule has 4 aromatic carbocycles. The normalized spacial score (nSPS) is 19.2. The van der Waals surface area contributed by atoms with Crippen LogP contribution < -0.4 is 16.0 Å². The van der Waals surface area contributed by atoms with E-state index in [9.17, 15) is 0 Å². The van der Waals surface area contributed by atoms with Gasteiger partial charge in [-0.1, -0.05) is 98.4 Å². The zero-order chi connectivity index (χ0) is 32.0. The van der Waals surface area contributed by atoms with Crippen molar-refractivity contribution in [1.82, 2.24) is 4.90 Å². The average Bonchev–Trinajstić information content (AvgIpc) is 3.75. The van der Waals surface area contributed by atoms with Crippen LogP contribution in [0.5, 0.6) is 0 Å². The molecule has 2 heterocycles. The summed E-state index contributed by atoms with van der Waals surface area (Å²) < 4.78 is 0. The van der Waals surface area contributed by atoms with E-state index in [-0.39, 0.29) is 0 Å². The van der Waals surface area contributed by atoms with Crippen LogP contribution in [0.2, 0.25) is 0 Å². The maximum atomic E-state index is 4.32. The smallest absolute Gasteiger partial charge is 0.146 e. The minimum atomic E-state index is 0.910. The van der Waals surface area contributed by atoms with Crippen LogP contribution in [0.15, 0.2) is 153 Å². The number of anilines is 1. The fourth-order valence-electron chi connectivity index (χ4n) is 6.25. The van der Waals surface area contributed by atoms with Crippen LogP contribution in [-0.2, 0) is 0 Å². The van der Waals surface area contributed by atoms with Gasteiger partial charge in [0.2, 0.25) is 0 Å². The van der Waals surface area contributed by atoms with Crippen LogP contribution in [0.1, 0.15) is 33.1 Å². The first-order valence-corrected chi connectivity index (χ1v) is 18.0. The molecular weight excluding hydrogens is 601 g/mol. The van der Waals surface area contributed by atoms with Gasteiger partial charge in [0, 0.05) is 53.4 Å². The summed E-state index contributed by atoms with van der Waals surface area (Å²) in [5, 5.41) is 9.99. The number of nitrogens with zero attached hydrogens (tertiary/aromatic N) is 1. The van der Waals surface area contributed by atoms with E-state index >= 15 is 0 Å². The highest BCUT2D eigenvalue weighted by molar-refractivity contribution is 8.04. The highest BCUT2D eigenvalue weighted by Crippen LogP contribution is 2.45. The van der Waals surface area contributed by atoms with Crippen LogP contribution in [-0.4, -0.2) is 24.7 Å². The molecule has 0 saturated carbocycles. The van der Waals surface area contributed by atoms with E-state index in [0.29, 0.717) is 0 Å². The zero-order valence-electron chi connectivity index (χ0n) is 27.3. The van der Waals surface area contributed by atoms with Crippen molar-refractivity contribution in [2.45, 2.75) is 42.9 Å². The maximum absolute atomic E-state index is 4.32. The summed E-state index contributed by atoms with van der Waals surface area (Å²) in [4.78, 5) is 6.09. The van der Waals surface area contributed by atoms with Gasteiger partial charge in [0.25, 0.3) is 0 Å². The summed E-state index contributed by atoms with van der Waals surface area (Å²) in [6.07, 6.45) is 19.5. The molecule has 4 nitrogen and oxygen atoms in total. The van der Waals surface area contributed by atoms with Crippen molar-refractivity contribution in [3.05, 3.63) is 143 Å². The Hall–Kier alpha value is -3.94. The lowest BCUT2D eigenvalue weighted by atomic mass is 9.90. The second-order valence-electron chi connectivity index (χ2n) is 11.6. The number of quaternary nitrogens is 2. The fourth-order valence-corrected chi connectivity index (χ4v) is 8.24. The molecule has 0 bridgehead atoms. The van der Waals surface area contributed by atoms with Crippen LogP contribution >= 0.6 is 23.5 Å². The van der Waals surface area contributed by atoms with Gasteiger partial charge in [-0.15, -0.1) is 11.8 Å². The minimum absolute atomic E-state index is 0.910. The highest BCUT2D eigenvalue weighted by atomic mass is 32.2.